The molecular weight excluding hydrogens is 647 g/mol. The van der Waals surface area contributed by atoms with E-state index in [2.05, 4.69) is 40.9 Å². The summed E-state index contributed by atoms with van der Waals surface area (Å²) in [5, 5.41) is 14.2. The molecule has 1 aromatic heterocycles. The number of rotatable bonds is 10. The second kappa shape index (κ2) is 15.8. The monoisotopic (exact) mass is 690 g/mol. The minimum atomic E-state index is -0.0863. The van der Waals surface area contributed by atoms with Gasteiger partial charge in [0.15, 0.2) is 5.84 Å². The molecule has 0 saturated heterocycles. The Morgan fingerprint density at radius 2 is 1.68 bits per heavy atom. The molecule has 2 aromatic carbocycles. The van der Waals surface area contributed by atoms with E-state index in [4.69, 9.17) is 28.0 Å². The van der Waals surface area contributed by atoms with Crippen molar-refractivity contribution in [2.24, 2.45) is 28.1 Å². The van der Waals surface area contributed by atoms with Gasteiger partial charge >= 0.3 is 0 Å². The normalized spacial score (nSPS) is 11.5. The molecule has 9 N–H and O–H groups in total. The molecular formula is C27H43N8OPt+. The van der Waals surface area contributed by atoms with Crippen molar-refractivity contribution in [3.05, 3.63) is 76.9 Å². The van der Waals surface area contributed by atoms with Crippen molar-refractivity contribution in [2.45, 2.75) is 46.3 Å². The van der Waals surface area contributed by atoms with E-state index in [0.717, 1.165) is 58.7 Å². The Kier molecular flexibility index (Phi) is 13.9. The fraction of sp³-hybridized carbons (Fsp3) is 0.407. The van der Waals surface area contributed by atoms with Gasteiger partial charge in [-0.2, -0.15) is 5.84 Å². The molecule has 0 amide bonds. The number of amidine groups is 1. The van der Waals surface area contributed by atoms with E-state index in [0.29, 0.717) is 25.5 Å². The molecule has 206 valence electrons. The van der Waals surface area contributed by atoms with Gasteiger partial charge < -0.3 is 26.9 Å². The van der Waals surface area contributed by atoms with Crippen LogP contribution in [0.2, 0.25) is 0 Å². The van der Waals surface area contributed by atoms with Gasteiger partial charge in [0.05, 0.1) is 18.0 Å². The number of hydrogen-bond donors (Lipinski definition) is 5. The Morgan fingerprint density at radius 1 is 1.05 bits per heavy atom. The topological polar surface area (TPSA) is 154 Å². The molecule has 37 heavy (non-hydrogen) atoms. The van der Waals surface area contributed by atoms with Crippen LogP contribution in [0.1, 0.15) is 48.1 Å². The van der Waals surface area contributed by atoms with Crippen LogP contribution in [0.15, 0.2) is 53.6 Å². The quantitative estimate of drug-likeness (QED) is 0.0723. The van der Waals surface area contributed by atoms with Gasteiger partial charge in [0.25, 0.3) is 0 Å². The number of hydrogen-bond acceptors (Lipinski definition) is 6. The maximum absolute atomic E-state index is 9.88. The van der Waals surface area contributed by atoms with Crippen LogP contribution in [-0.2, 0) is 40.6 Å². The zero-order valence-corrected chi connectivity index (χ0v) is 24.7. The van der Waals surface area contributed by atoms with E-state index in [1.165, 1.54) is 0 Å². The first-order valence-corrected chi connectivity index (χ1v) is 12.4. The number of benzene rings is 2. The van der Waals surface area contributed by atoms with E-state index in [-0.39, 0.29) is 32.4 Å². The number of unbranched alkanes of at least 4 members (excludes halogenated alkanes) is 1. The minimum absolute atomic E-state index is 0. The molecule has 1 heterocycles. The van der Waals surface area contributed by atoms with Gasteiger partial charge in [-0.1, -0.05) is 61.9 Å². The van der Waals surface area contributed by atoms with Gasteiger partial charge in [0, 0.05) is 52.7 Å². The first kappa shape index (κ1) is 32.6. The number of aliphatic hydroxyl groups is 1. The van der Waals surface area contributed by atoms with Gasteiger partial charge in [-0.05, 0) is 35.1 Å². The van der Waals surface area contributed by atoms with Crippen LogP contribution in [0.25, 0.3) is 11.1 Å². The minimum Gasteiger partial charge on any atom is -0.390 e. The predicted octanol–water partition coefficient (Wildman–Crippen LogP) is 2.21. The molecule has 0 saturated carbocycles. The summed E-state index contributed by atoms with van der Waals surface area (Å²) >= 11 is 0. The summed E-state index contributed by atoms with van der Waals surface area (Å²) in [6, 6.07) is 16.3. The maximum atomic E-state index is 9.88. The summed E-state index contributed by atoms with van der Waals surface area (Å²) < 4.78 is 2.07. The molecule has 10 heteroatoms. The summed E-state index contributed by atoms with van der Waals surface area (Å²) in [7, 11) is 3.52. The number of nitrogens with two attached hydrogens (primary N) is 4. The fourth-order valence-corrected chi connectivity index (χ4v) is 3.84. The molecule has 9 nitrogen and oxygen atoms in total. The SMILES string of the molecule is CCCCc1nc(C)c(CO)n1Cc1ccc(-c2ccccc2/C(N)=N/[N+](C)(C)N)cc1.NCCN.[Pt]. The number of aromatic nitrogens is 2. The molecule has 0 unspecified atom stereocenters. The molecule has 0 radical (unpaired) electrons. The van der Waals surface area contributed by atoms with Crippen LogP contribution in [0.5, 0.6) is 0 Å². The number of nitrogens with zero attached hydrogens (tertiary/aromatic N) is 4. The zero-order chi connectivity index (χ0) is 26.7. The summed E-state index contributed by atoms with van der Waals surface area (Å²) in [6.07, 6.45) is 3.11. The Morgan fingerprint density at radius 3 is 2.22 bits per heavy atom. The Labute approximate surface area is 235 Å². The van der Waals surface area contributed by atoms with E-state index in [9.17, 15) is 5.11 Å². The largest absolute Gasteiger partial charge is 0.390 e. The van der Waals surface area contributed by atoms with E-state index >= 15 is 0 Å². The van der Waals surface area contributed by atoms with Crippen LogP contribution in [0, 0.1) is 6.92 Å². The van der Waals surface area contributed by atoms with Crippen LogP contribution < -0.4 is 23.0 Å². The molecule has 3 aromatic rings. The van der Waals surface area contributed by atoms with Crippen molar-refractivity contribution >= 4 is 5.84 Å². The number of aryl methyl sites for hydroxylation is 2. The van der Waals surface area contributed by atoms with Gasteiger partial charge in [0.1, 0.15) is 19.9 Å². The molecule has 0 aliphatic rings. The molecule has 0 spiro atoms. The van der Waals surface area contributed by atoms with Crippen LogP contribution >= 0.6 is 0 Å². The third kappa shape index (κ3) is 9.78. The second-order valence-corrected chi connectivity index (χ2v) is 9.19. The van der Waals surface area contributed by atoms with Gasteiger partial charge in [-0.25, -0.2) is 4.98 Å². The van der Waals surface area contributed by atoms with Gasteiger partial charge in [-0.3, -0.25) is 0 Å². The van der Waals surface area contributed by atoms with Crippen LogP contribution in [0.3, 0.4) is 0 Å². The number of aliphatic hydroxyl groups excluding tert-OH is 1. The van der Waals surface area contributed by atoms with Crippen molar-refractivity contribution in [1.29, 1.82) is 0 Å². The Balaban J connectivity index is 0.00000127. The Bertz CT molecular complexity index is 1120. The van der Waals surface area contributed by atoms with Crippen LogP contribution in [0.4, 0.5) is 0 Å². The van der Waals surface area contributed by atoms with Gasteiger partial charge in [0.2, 0.25) is 0 Å². The smallest absolute Gasteiger partial charge is 0.189 e. The third-order valence-electron chi connectivity index (χ3n) is 5.60. The van der Waals surface area contributed by atoms with Crippen molar-refractivity contribution in [3.63, 3.8) is 0 Å². The molecule has 0 fully saturated rings. The first-order valence-electron chi connectivity index (χ1n) is 12.4. The maximum Gasteiger partial charge on any atom is 0.189 e. The van der Waals surface area contributed by atoms with E-state index in [1.54, 1.807) is 14.1 Å². The summed E-state index contributed by atoms with van der Waals surface area (Å²) in [5.74, 6) is 7.41. The van der Waals surface area contributed by atoms with Gasteiger partial charge in [-0.15, -0.1) is 4.70 Å². The second-order valence-electron chi connectivity index (χ2n) is 9.19. The molecule has 0 aliphatic carbocycles. The van der Waals surface area contributed by atoms with Crippen molar-refractivity contribution in [2.75, 3.05) is 27.2 Å². The van der Waals surface area contributed by atoms with Crippen molar-refractivity contribution < 1.29 is 30.9 Å². The van der Waals surface area contributed by atoms with Crippen LogP contribution in [-0.4, -0.2) is 52.4 Å². The predicted molar refractivity (Wildman–Crippen MR) is 148 cm³/mol. The zero-order valence-electron chi connectivity index (χ0n) is 22.4. The summed E-state index contributed by atoms with van der Waals surface area (Å²) in [6.45, 7) is 6.00. The molecule has 3 rings (SSSR count). The summed E-state index contributed by atoms with van der Waals surface area (Å²) in [4.78, 5) is 4.70. The summed E-state index contributed by atoms with van der Waals surface area (Å²) in [5.41, 5.74) is 21.9. The molecule has 0 bridgehead atoms. The van der Waals surface area contributed by atoms with E-state index in [1.807, 2.05) is 31.2 Å². The van der Waals surface area contributed by atoms with Crippen molar-refractivity contribution in [1.82, 2.24) is 9.55 Å². The number of quaternary nitrogens is 1. The van der Waals surface area contributed by atoms with E-state index < -0.39 is 0 Å². The average molecular weight is 691 g/mol. The standard InChI is InChI=1S/C25H35N6O.C2H8N2.Pt/c1-5-6-11-24-28-18(2)23(17-32)30(24)16-19-12-14-20(15-13-19)21-9-7-8-10-22(21)25(26)29-31(3,4)27;3-1-2-4;/h7-10,12-15,32H,5-6,11,16-17,27H2,1-4H3,(H2,26,29);1-4H2;/q+1;;. The Hall–Kier alpha value is -2.39. The molecule has 0 aliphatic heterocycles. The average Bonchev–Trinajstić information content (AvgIpc) is 3.15. The number of imidazole rings is 1. The first-order chi connectivity index (χ1) is 17.1. The van der Waals surface area contributed by atoms with Crippen molar-refractivity contribution in [3.8, 4) is 11.1 Å². The fourth-order valence-electron chi connectivity index (χ4n) is 3.84. The molecule has 0 atom stereocenters. The third-order valence-corrected chi connectivity index (χ3v) is 5.60.